The van der Waals surface area contributed by atoms with Gasteiger partial charge in [-0.15, -0.1) is 0 Å². The van der Waals surface area contributed by atoms with Crippen LogP contribution in [0.2, 0.25) is 0 Å². The minimum atomic E-state index is -0.176. The van der Waals surface area contributed by atoms with Crippen LogP contribution in [0.4, 0.5) is 0 Å². The van der Waals surface area contributed by atoms with Crippen LogP contribution >= 0.6 is 0 Å². The Morgan fingerprint density at radius 2 is 1.89 bits per heavy atom. The van der Waals surface area contributed by atoms with E-state index in [1.807, 2.05) is 4.68 Å². The maximum Gasteiger partial charge on any atom is 0.161 e. The number of nitrogens with zero attached hydrogens (tertiary/aromatic N) is 2. The predicted molar refractivity (Wildman–Crippen MR) is 74.9 cm³/mol. The summed E-state index contributed by atoms with van der Waals surface area (Å²) in [6, 6.07) is 0.0456. The number of hydrazine groups is 1. The highest BCUT2D eigenvalue weighted by molar-refractivity contribution is 5.29. The number of nitrogens with two attached hydrogens (primary N) is 1. The van der Waals surface area contributed by atoms with E-state index >= 15 is 0 Å². The molecule has 6 heteroatoms. The second-order valence-electron chi connectivity index (χ2n) is 5.23. The Hall–Kier alpha value is -1.11. The van der Waals surface area contributed by atoms with Crippen molar-refractivity contribution in [3.05, 3.63) is 11.9 Å². The van der Waals surface area contributed by atoms with Crippen LogP contribution in [0, 0.1) is 5.92 Å². The zero-order valence-electron chi connectivity index (χ0n) is 12.7. The molecule has 110 valence electrons. The van der Waals surface area contributed by atoms with Crippen molar-refractivity contribution in [2.75, 3.05) is 14.2 Å². The van der Waals surface area contributed by atoms with E-state index in [0.717, 1.165) is 11.4 Å². The lowest BCUT2D eigenvalue weighted by atomic mass is 9.96. The topological polar surface area (TPSA) is 74.3 Å². The number of aromatic nitrogens is 2. The number of methoxy groups -OCH3 is 2. The summed E-state index contributed by atoms with van der Waals surface area (Å²) in [7, 11) is 3.33. The summed E-state index contributed by atoms with van der Waals surface area (Å²) in [5.41, 5.74) is 3.76. The summed E-state index contributed by atoms with van der Waals surface area (Å²) in [5.74, 6) is 6.78. The summed E-state index contributed by atoms with van der Waals surface area (Å²) in [4.78, 5) is 0. The van der Waals surface area contributed by atoms with E-state index in [-0.39, 0.29) is 18.2 Å². The van der Waals surface area contributed by atoms with Crippen molar-refractivity contribution in [2.45, 2.75) is 45.9 Å². The van der Waals surface area contributed by atoms with E-state index in [0.29, 0.717) is 5.92 Å². The average Bonchev–Trinajstić information content (AvgIpc) is 2.78. The third kappa shape index (κ3) is 3.26. The van der Waals surface area contributed by atoms with Crippen molar-refractivity contribution in [3.8, 4) is 5.75 Å². The van der Waals surface area contributed by atoms with Crippen molar-refractivity contribution in [1.29, 1.82) is 0 Å². The van der Waals surface area contributed by atoms with Crippen LogP contribution in [-0.4, -0.2) is 30.1 Å². The molecule has 2 atom stereocenters. The molecule has 0 aliphatic heterocycles. The summed E-state index contributed by atoms with van der Waals surface area (Å²) >= 11 is 0. The largest absolute Gasteiger partial charge is 0.493 e. The van der Waals surface area contributed by atoms with Gasteiger partial charge in [-0.3, -0.25) is 10.5 Å². The molecular formula is C13H26N4O2. The van der Waals surface area contributed by atoms with Crippen LogP contribution in [-0.2, 0) is 4.74 Å². The molecule has 2 unspecified atom stereocenters. The molecule has 0 aliphatic carbocycles. The number of rotatable bonds is 7. The molecule has 3 N–H and O–H groups in total. The minimum absolute atomic E-state index is 0.0619. The first-order valence-corrected chi connectivity index (χ1v) is 6.58. The molecule has 0 aliphatic rings. The van der Waals surface area contributed by atoms with Crippen LogP contribution in [0.3, 0.4) is 0 Å². The second kappa shape index (κ2) is 6.88. The summed E-state index contributed by atoms with van der Waals surface area (Å²) in [6.45, 7) is 8.34. The Balaban J connectivity index is 3.26. The zero-order chi connectivity index (χ0) is 14.6. The molecule has 0 radical (unpaired) electrons. The lowest BCUT2D eigenvalue weighted by molar-refractivity contribution is 0.0290. The van der Waals surface area contributed by atoms with Gasteiger partial charge in [0, 0.05) is 13.2 Å². The van der Waals surface area contributed by atoms with Gasteiger partial charge in [0.05, 0.1) is 25.5 Å². The molecule has 0 amide bonds. The first-order chi connectivity index (χ1) is 8.97. The summed E-state index contributed by atoms with van der Waals surface area (Å²) in [6.07, 6.45) is 1.65. The molecule has 0 aromatic carbocycles. The molecule has 1 rings (SSSR count). The Morgan fingerprint density at radius 1 is 1.26 bits per heavy atom. The number of hydrogen-bond donors (Lipinski definition) is 2. The highest BCUT2D eigenvalue weighted by Crippen LogP contribution is 2.32. The number of nitrogens with one attached hydrogen (secondary N) is 1. The van der Waals surface area contributed by atoms with Gasteiger partial charge in [-0.25, -0.2) is 5.43 Å². The normalized spacial score (nSPS) is 15.0. The fourth-order valence-electron chi connectivity index (χ4n) is 2.34. The number of ether oxygens (including phenoxy) is 2. The second-order valence-corrected chi connectivity index (χ2v) is 5.23. The van der Waals surface area contributed by atoms with Crippen LogP contribution in [0.1, 0.15) is 45.5 Å². The maximum atomic E-state index is 5.74. The third-order valence-electron chi connectivity index (χ3n) is 3.24. The number of hydrogen-bond acceptors (Lipinski definition) is 5. The van der Waals surface area contributed by atoms with E-state index in [1.165, 1.54) is 0 Å². The quantitative estimate of drug-likeness (QED) is 0.582. The first-order valence-electron chi connectivity index (χ1n) is 6.58. The molecule has 0 fully saturated rings. The standard InChI is InChI=1S/C13H26N4O2/c1-8(2)13(19-6)11(16-14)12-10(18-5)7-15-17(12)9(3)4/h7-9,11,13,16H,14H2,1-6H3. The zero-order valence-corrected chi connectivity index (χ0v) is 12.7. The molecule has 0 saturated carbocycles. The lowest BCUT2D eigenvalue weighted by Crippen LogP contribution is -2.41. The highest BCUT2D eigenvalue weighted by atomic mass is 16.5. The van der Waals surface area contributed by atoms with E-state index in [4.69, 9.17) is 15.3 Å². The summed E-state index contributed by atoms with van der Waals surface area (Å²) < 4.78 is 12.9. The van der Waals surface area contributed by atoms with Gasteiger partial charge in [0.15, 0.2) is 5.75 Å². The van der Waals surface area contributed by atoms with Gasteiger partial charge in [0.2, 0.25) is 0 Å². The molecule has 0 bridgehead atoms. The van der Waals surface area contributed by atoms with Gasteiger partial charge < -0.3 is 9.47 Å². The highest BCUT2D eigenvalue weighted by Gasteiger charge is 2.31. The Kier molecular flexibility index (Phi) is 5.78. The van der Waals surface area contributed by atoms with Gasteiger partial charge in [-0.05, 0) is 19.8 Å². The average molecular weight is 270 g/mol. The van der Waals surface area contributed by atoms with Gasteiger partial charge in [-0.1, -0.05) is 13.8 Å². The first kappa shape index (κ1) is 15.9. The monoisotopic (exact) mass is 270 g/mol. The molecule has 1 aromatic rings. The summed E-state index contributed by atoms with van der Waals surface area (Å²) in [5, 5.41) is 4.37. The van der Waals surface area contributed by atoms with Crippen LogP contribution in [0.5, 0.6) is 5.75 Å². The molecule has 19 heavy (non-hydrogen) atoms. The van der Waals surface area contributed by atoms with E-state index in [2.05, 4.69) is 38.2 Å². The van der Waals surface area contributed by atoms with Crippen LogP contribution in [0.25, 0.3) is 0 Å². The minimum Gasteiger partial charge on any atom is -0.493 e. The molecule has 0 saturated heterocycles. The van der Waals surface area contributed by atoms with Crippen molar-refractivity contribution in [2.24, 2.45) is 11.8 Å². The molecule has 0 spiro atoms. The van der Waals surface area contributed by atoms with E-state index in [1.54, 1.807) is 20.4 Å². The van der Waals surface area contributed by atoms with Gasteiger partial charge in [0.25, 0.3) is 0 Å². The van der Waals surface area contributed by atoms with Crippen molar-refractivity contribution < 1.29 is 9.47 Å². The van der Waals surface area contributed by atoms with E-state index in [9.17, 15) is 0 Å². The van der Waals surface area contributed by atoms with Crippen molar-refractivity contribution in [1.82, 2.24) is 15.2 Å². The fraction of sp³-hybridized carbons (Fsp3) is 0.769. The SMILES string of the molecule is COc1cnn(C(C)C)c1C(NN)C(OC)C(C)C. The molecule has 6 nitrogen and oxygen atoms in total. The Labute approximate surface area is 115 Å². The van der Waals surface area contributed by atoms with Crippen LogP contribution in [0.15, 0.2) is 6.20 Å². The third-order valence-corrected chi connectivity index (χ3v) is 3.24. The molecule has 1 aromatic heterocycles. The Morgan fingerprint density at radius 3 is 2.26 bits per heavy atom. The van der Waals surface area contributed by atoms with Crippen molar-refractivity contribution >= 4 is 0 Å². The van der Waals surface area contributed by atoms with E-state index < -0.39 is 0 Å². The predicted octanol–water partition coefficient (Wildman–Crippen LogP) is 1.65. The van der Waals surface area contributed by atoms with Gasteiger partial charge >= 0.3 is 0 Å². The smallest absolute Gasteiger partial charge is 0.161 e. The Bertz CT molecular complexity index is 390. The lowest BCUT2D eigenvalue weighted by Gasteiger charge is -2.30. The van der Waals surface area contributed by atoms with Crippen molar-refractivity contribution in [3.63, 3.8) is 0 Å². The van der Waals surface area contributed by atoms with Gasteiger partial charge in [-0.2, -0.15) is 5.10 Å². The molecule has 1 heterocycles. The fourth-order valence-corrected chi connectivity index (χ4v) is 2.34. The van der Waals surface area contributed by atoms with Crippen LogP contribution < -0.4 is 16.0 Å². The maximum absolute atomic E-state index is 5.74. The van der Waals surface area contributed by atoms with Gasteiger partial charge in [0.1, 0.15) is 5.69 Å². The molecular weight excluding hydrogens is 244 g/mol.